The number of halogens is 1. The second-order valence-electron chi connectivity index (χ2n) is 5.55. The van der Waals surface area contributed by atoms with Gasteiger partial charge in [-0.1, -0.05) is 11.8 Å². The van der Waals surface area contributed by atoms with E-state index in [-0.39, 0.29) is 12.6 Å². The van der Waals surface area contributed by atoms with E-state index in [4.69, 9.17) is 9.47 Å². The number of nitrogens with zero attached hydrogens (tertiary/aromatic N) is 4. The SMILES string of the molecule is Cn1c(SCc2cc(F)cc3c2OCOC3)nnc1-c1ccncc1. The third-order valence-corrected chi connectivity index (χ3v) is 4.95. The van der Waals surface area contributed by atoms with Gasteiger partial charge in [-0.25, -0.2) is 4.39 Å². The van der Waals surface area contributed by atoms with Gasteiger partial charge >= 0.3 is 0 Å². The van der Waals surface area contributed by atoms with Gasteiger partial charge in [0, 0.05) is 41.9 Å². The largest absolute Gasteiger partial charge is 0.467 e. The van der Waals surface area contributed by atoms with Gasteiger partial charge in [-0.2, -0.15) is 0 Å². The van der Waals surface area contributed by atoms with Crippen molar-refractivity contribution in [2.45, 2.75) is 17.5 Å². The lowest BCUT2D eigenvalue weighted by Crippen LogP contribution is -2.13. The fourth-order valence-electron chi connectivity index (χ4n) is 2.70. The quantitative estimate of drug-likeness (QED) is 0.668. The molecule has 0 radical (unpaired) electrons. The minimum Gasteiger partial charge on any atom is -0.467 e. The van der Waals surface area contributed by atoms with Gasteiger partial charge in [0.2, 0.25) is 0 Å². The van der Waals surface area contributed by atoms with Crippen LogP contribution < -0.4 is 4.74 Å². The predicted octanol–water partition coefficient (Wildman–Crippen LogP) is 3.18. The standard InChI is InChI=1S/C17H15FN4O2S/c1-22-16(11-2-4-19-5-3-11)20-21-17(22)25-9-13-7-14(18)6-12-8-23-10-24-15(12)13/h2-7H,8-10H2,1H3. The van der Waals surface area contributed by atoms with Gasteiger partial charge in [-0.05, 0) is 24.3 Å². The monoisotopic (exact) mass is 358 g/mol. The van der Waals surface area contributed by atoms with Gasteiger partial charge < -0.3 is 14.0 Å². The molecule has 4 rings (SSSR count). The summed E-state index contributed by atoms with van der Waals surface area (Å²) < 4.78 is 26.5. The van der Waals surface area contributed by atoms with Crippen LogP contribution in [0.4, 0.5) is 4.39 Å². The van der Waals surface area contributed by atoms with Gasteiger partial charge in [-0.15, -0.1) is 10.2 Å². The number of hydrogen-bond donors (Lipinski definition) is 0. The van der Waals surface area contributed by atoms with E-state index in [1.165, 1.54) is 23.9 Å². The van der Waals surface area contributed by atoms with Crippen LogP contribution in [0.1, 0.15) is 11.1 Å². The number of benzene rings is 1. The van der Waals surface area contributed by atoms with Crippen molar-refractivity contribution in [3.8, 4) is 17.1 Å². The van der Waals surface area contributed by atoms with E-state index in [1.807, 2.05) is 23.7 Å². The zero-order valence-electron chi connectivity index (χ0n) is 13.5. The Balaban J connectivity index is 1.57. The summed E-state index contributed by atoms with van der Waals surface area (Å²) in [5.74, 6) is 1.70. The zero-order valence-corrected chi connectivity index (χ0v) is 14.3. The number of aromatic nitrogens is 4. The number of fused-ring (bicyclic) bond motifs is 1. The molecule has 25 heavy (non-hydrogen) atoms. The Labute approximate surface area is 148 Å². The highest BCUT2D eigenvalue weighted by Gasteiger charge is 2.18. The molecule has 0 aliphatic carbocycles. The number of pyridine rings is 1. The van der Waals surface area contributed by atoms with Crippen LogP contribution in [0.15, 0.2) is 41.8 Å². The van der Waals surface area contributed by atoms with E-state index >= 15 is 0 Å². The number of rotatable bonds is 4. The van der Waals surface area contributed by atoms with Crippen molar-refractivity contribution in [3.63, 3.8) is 0 Å². The summed E-state index contributed by atoms with van der Waals surface area (Å²) in [6.07, 6.45) is 3.44. The summed E-state index contributed by atoms with van der Waals surface area (Å²) >= 11 is 1.48. The Bertz CT molecular complexity index is 901. The Kier molecular flexibility index (Phi) is 4.37. The number of hydrogen-bond acceptors (Lipinski definition) is 6. The third kappa shape index (κ3) is 3.22. The third-order valence-electron chi connectivity index (χ3n) is 3.88. The average Bonchev–Trinajstić information content (AvgIpc) is 3.01. The molecular formula is C17H15FN4O2S. The van der Waals surface area contributed by atoms with Crippen molar-refractivity contribution in [2.75, 3.05) is 6.79 Å². The van der Waals surface area contributed by atoms with Crippen LogP contribution in [-0.4, -0.2) is 26.5 Å². The van der Waals surface area contributed by atoms with Gasteiger partial charge in [0.25, 0.3) is 0 Å². The molecular weight excluding hydrogens is 343 g/mol. The van der Waals surface area contributed by atoms with Crippen molar-refractivity contribution in [1.29, 1.82) is 0 Å². The molecule has 0 amide bonds. The first-order valence-electron chi connectivity index (χ1n) is 7.67. The minimum absolute atomic E-state index is 0.187. The molecule has 0 unspecified atom stereocenters. The first kappa shape index (κ1) is 16.0. The molecule has 0 atom stereocenters. The summed E-state index contributed by atoms with van der Waals surface area (Å²) in [5, 5.41) is 9.23. The lowest BCUT2D eigenvalue weighted by atomic mass is 10.1. The smallest absolute Gasteiger partial charge is 0.191 e. The van der Waals surface area contributed by atoms with Crippen LogP contribution >= 0.6 is 11.8 Å². The predicted molar refractivity (Wildman–Crippen MR) is 90.5 cm³/mol. The Morgan fingerprint density at radius 3 is 2.92 bits per heavy atom. The Morgan fingerprint density at radius 2 is 2.08 bits per heavy atom. The highest BCUT2D eigenvalue weighted by Crippen LogP contribution is 2.34. The van der Waals surface area contributed by atoms with Gasteiger partial charge in [0.1, 0.15) is 11.6 Å². The summed E-state index contributed by atoms with van der Waals surface area (Å²) in [4.78, 5) is 4.01. The summed E-state index contributed by atoms with van der Waals surface area (Å²) in [6, 6.07) is 6.72. The van der Waals surface area contributed by atoms with Gasteiger partial charge in [0.15, 0.2) is 17.8 Å². The maximum atomic E-state index is 13.8. The lowest BCUT2D eigenvalue weighted by molar-refractivity contribution is -0.0171. The first-order valence-corrected chi connectivity index (χ1v) is 8.65. The fourth-order valence-corrected chi connectivity index (χ4v) is 3.58. The maximum Gasteiger partial charge on any atom is 0.191 e. The molecule has 0 bridgehead atoms. The lowest BCUT2D eigenvalue weighted by Gasteiger charge is -2.20. The molecule has 3 aromatic rings. The molecule has 0 spiro atoms. The Hall–Kier alpha value is -2.45. The molecule has 0 fully saturated rings. The molecule has 1 aliphatic heterocycles. The maximum absolute atomic E-state index is 13.8. The first-order chi connectivity index (χ1) is 12.2. The fraction of sp³-hybridized carbons (Fsp3) is 0.235. The van der Waals surface area contributed by atoms with Crippen LogP contribution in [0.3, 0.4) is 0 Å². The number of ether oxygens (including phenoxy) is 2. The Morgan fingerprint density at radius 1 is 1.24 bits per heavy atom. The van der Waals surface area contributed by atoms with Gasteiger partial charge in [-0.3, -0.25) is 4.98 Å². The van der Waals surface area contributed by atoms with E-state index < -0.39 is 0 Å². The topological polar surface area (TPSA) is 62.1 Å². The van der Waals surface area contributed by atoms with E-state index in [9.17, 15) is 4.39 Å². The molecule has 0 saturated carbocycles. The molecule has 3 heterocycles. The second-order valence-corrected chi connectivity index (χ2v) is 6.50. The zero-order chi connectivity index (χ0) is 17.2. The van der Waals surface area contributed by atoms with E-state index in [2.05, 4.69) is 15.2 Å². The molecule has 0 saturated heterocycles. The summed E-state index contributed by atoms with van der Waals surface area (Å²) in [7, 11) is 1.91. The minimum atomic E-state index is -0.293. The van der Waals surface area contributed by atoms with E-state index in [0.29, 0.717) is 18.1 Å². The second kappa shape index (κ2) is 6.81. The highest BCUT2D eigenvalue weighted by atomic mass is 32.2. The molecule has 1 aliphatic rings. The van der Waals surface area contributed by atoms with Crippen molar-refractivity contribution >= 4 is 11.8 Å². The van der Waals surface area contributed by atoms with Crippen LogP contribution in [0.5, 0.6) is 5.75 Å². The van der Waals surface area contributed by atoms with Gasteiger partial charge in [0.05, 0.1) is 6.61 Å². The number of thioether (sulfide) groups is 1. The molecule has 128 valence electrons. The molecule has 1 aromatic carbocycles. The molecule has 6 nitrogen and oxygen atoms in total. The molecule has 0 N–H and O–H groups in total. The van der Waals surface area contributed by atoms with Crippen LogP contribution in [0.2, 0.25) is 0 Å². The van der Waals surface area contributed by atoms with Crippen molar-refractivity contribution in [3.05, 3.63) is 53.6 Å². The van der Waals surface area contributed by atoms with Crippen LogP contribution in [-0.2, 0) is 24.1 Å². The molecule has 8 heteroatoms. The summed E-state index contributed by atoms with van der Waals surface area (Å²) in [6.45, 7) is 0.549. The summed E-state index contributed by atoms with van der Waals surface area (Å²) in [5.41, 5.74) is 2.47. The van der Waals surface area contributed by atoms with Crippen molar-refractivity contribution in [2.24, 2.45) is 7.05 Å². The van der Waals surface area contributed by atoms with Crippen LogP contribution in [0.25, 0.3) is 11.4 Å². The molecule has 2 aromatic heterocycles. The van der Waals surface area contributed by atoms with Crippen molar-refractivity contribution in [1.82, 2.24) is 19.7 Å². The van der Waals surface area contributed by atoms with Crippen LogP contribution in [0, 0.1) is 5.82 Å². The highest BCUT2D eigenvalue weighted by molar-refractivity contribution is 7.98. The van der Waals surface area contributed by atoms with E-state index in [0.717, 1.165) is 27.7 Å². The van der Waals surface area contributed by atoms with Crippen molar-refractivity contribution < 1.29 is 13.9 Å². The normalized spacial score (nSPS) is 13.4. The van der Waals surface area contributed by atoms with E-state index in [1.54, 1.807) is 12.4 Å². The average molecular weight is 358 g/mol.